The van der Waals surface area contributed by atoms with E-state index in [0.717, 1.165) is 15.4 Å². The van der Waals surface area contributed by atoms with Crippen LogP contribution in [0.2, 0.25) is 0 Å². The second-order valence-electron chi connectivity index (χ2n) is 5.24. The van der Waals surface area contributed by atoms with Gasteiger partial charge in [-0.05, 0) is 42.5 Å². The average molecular weight is 390 g/mol. The van der Waals surface area contributed by atoms with Crippen molar-refractivity contribution in [2.45, 2.75) is 6.92 Å². The van der Waals surface area contributed by atoms with Crippen LogP contribution in [0, 0.1) is 5.82 Å². The third-order valence-corrected chi connectivity index (χ3v) is 3.86. The van der Waals surface area contributed by atoms with Crippen molar-refractivity contribution in [2.24, 2.45) is 0 Å². The molecule has 3 rings (SSSR count). The number of carbonyl (C=O) groups excluding carboxylic acids is 2. The molecule has 0 spiro atoms. The largest absolute Gasteiger partial charge is 0.351 e. The smallest absolute Gasteiger partial charge is 0.272 e. The van der Waals surface area contributed by atoms with Crippen molar-refractivity contribution in [3.63, 3.8) is 0 Å². The minimum Gasteiger partial charge on any atom is -0.351 e. The average Bonchev–Trinajstić information content (AvgIpc) is 2.93. The van der Waals surface area contributed by atoms with Crippen LogP contribution in [-0.2, 0) is 4.79 Å². The fourth-order valence-corrected chi connectivity index (χ4v) is 2.70. The van der Waals surface area contributed by atoms with E-state index >= 15 is 0 Å². The van der Waals surface area contributed by atoms with Gasteiger partial charge in [0.15, 0.2) is 0 Å². The Bertz CT molecular complexity index is 952. The number of carbonyl (C=O) groups is 2. The van der Waals surface area contributed by atoms with Crippen molar-refractivity contribution >= 4 is 50.0 Å². The van der Waals surface area contributed by atoms with Gasteiger partial charge in [0.25, 0.3) is 5.91 Å². The van der Waals surface area contributed by atoms with Gasteiger partial charge in [-0.3, -0.25) is 9.59 Å². The number of rotatable bonds is 3. The van der Waals surface area contributed by atoms with Gasteiger partial charge < -0.3 is 15.6 Å². The molecule has 0 bridgehead atoms. The summed E-state index contributed by atoms with van der Waals surface area (Å²) >= 11 is 3.37. The quantitative estimate of drug-likeness (QED) is 0.625. The number of anilines is 2. The summed E-state index contributed by atoms with van der Waals surface area (Å²) in [5, 5.41) is 5.91. The number of nitrogens with one attached hydrogen (secondary N) is 3. The zero-order chi connectivity index (χ0) is 17.3. The zero-order valence-electron chi connectivity index (χ0n) is 12.6. The molecule has 0 aliphatic carbocycles. The summed E-state index contributed by atoms with van der Waals surface area (Å²) in [7, 11) is 0. The van der Waals surface area contributed by atoms with E-state index in [1.54, 1.807) is 6.07 Å². The van der Waals surface area contributed by atoms with Gasteiger partial charge in [0.05, 0.1) is 5.69 Å². The van der Waals surface area contributed by atoms with E-state index < -0.39 is 11.7 Å². The first-order valence-electron chi connectivity index (χ1n) is 7.09. The van der Waals surface area contributed by atoms with Crippen LogP contribution < -0.4 is 10.6 Å². The van der Waals surface area contributed by atoms with Crippen LogP contribution in [0.15, 0.2) is 46.9 Å². The molecule has 1 aromatic heterocycles. The van der Waals surface area contributed by atoms with E-state index in [2.05, 4.69) is 31.5 Å². The maximum Gasteiger partial charge on any atom is 0.272 e. The topological polar surface area (TPSA) is 74.0 Å². The zero-order valence-corrected chi connectivity index (χ0v) is 14.2. The Labute approximate surface area is 145 Å². The Morgan fingerprint density at radius 2 is 1.88 bits per heavy atom. The Hall–Kier alpha value is -2.67. The molecule has 24 heavy (non-hydrogen) atoms. The molecule has 0 aliphatic rings. The number of halogens is 2. The first-order valence-corrected chi connectivity index (χ1v) is 7.88. The van der Waals surface area contributed by atoms with Crippen molar-refractivity contribution < 1.29 is 14.0 Å². The highest BCUT2D eigenvalue weighted by Gasteiger charge is 2.13. The summed E-state index contributed by atoms with van der Waals surface area (Å²) in [5.74, 6) is -1.34. The molecule has 1 heterocycles. The van der Waals surface area contributed by atoms with Gasteiger partial charge in [0.1, 0.15) is 11.5 Å². The number of hydrogen-bond acceptors (Lipinski definition) is 2. The van der Waals surface area contributed by atoms with Gasteiger partial charge in [0.2, 0.25) is 5.91 Å². The molecule has 7 heteroatoms. The Balaban J connectivity index is 1.86. The molecule has 3 N–H and O–H groups in total. The number of fused-ring (bicyclic) bond motifs is 1. The van der Waals surface area contributed by atoms with Gasteiger partial charge in [-0.1, -0.05) is 15.9 Å². The molecule has 3 aromatic rings. The van der Waals surface area contributed by atoms with Crippen LogP contribution in [0.25, 0.3) is 10.9 Å². The minimum absolute atomic E-state index is 0.00825. The SMILES string of the molecule is CC(=O)Nc1ccc(F)c(NC(=O)c2cc3cc(Br)ccc3[nH]2)c1. The van der Waals surface area contributed by atoms with Crippen molar-refractivity contribution in [3.8, 4) is 0 Å². The maximum atomic E-state index is 13.9. The number of amides is 2. The summed E-state index contributed by atoms with van der Waals surface area (Å²) in [4.78, 5) is 26.4. The highest BCUT2D eigenvalue weighted by atomic mass is 79.9. The lowest BCUT2D eigenvalue weighted by atomic mass is 10.2. The normalized spacial score (nSPS) is 10.6. The van der Waals surface area contributed by atoms with Gasteiger partial charge in [-0.25, -0.2) is 4.39 Å². The Morgan fingerprint density at radius 1 is 1.08 bits per heavy atom. The maximum absolute atomic E-state index is 13.9. The molecule has 0 radical (unpaired) electrons. The van der Waals surface area contributed by atoms with Crippen LogP contribution in [0.3, 0.4) is 0 Å². The van der Waals surface area contributed by atoms with E-state index in [1.807, 2.05) is 18.2 Å². The molecule has 5 nitrogen and oxygen atoms in total. The highest BCUT2D eigenvalue weighted by Crippen LogP contribution is 2.23. The second-order valence-corrected chi connectivity index (χ2v) is 6.16. The fourth-order valence-electron chi connectivity index (χ4n) is 2.32. The van der Waals surface area contributed by atoms with Gasteiger partial charge in [0, 0.05) is 28.0 Å². The standard InChI is InChI=1S/C17H13BrFN3O2/c1-9(23)20-12-3-4-13(19)15(8-12)22-17(24)16-7-10-6-11(18)2-5-14(10)21-16/h2-8,21H,1H3,(H,20,23)(H,22,24). The molecule has 122 valence electrons. The molecule has 0 fully saturated rings. The molecule has 2 amide bonds. The first-order chi connectivity index (χ1) is 11.4. The summed E-state index contributed by atoms with van der Waals surface area (Å²) in [6.45, 7) is 1.35. The monoisotopic (exact) mass is 389 g/mol. The number of aromatic amines is 1. The minimum atomic E-state index is -0.587. The van der Waals surface area contributed by atoms with Crippen molar-refractivity contribution in [3.05, 3.63) is 58.4 Å². The van der Waals surface area contributed by atoms with E-state index in [0.29, 0.717) is 11.4 Å². The molecular formula is C17H13BrFN3O2. The van der Waals surface area contributed by atoms with Gasteiger partial charge >= 0.3 is 0 Å². The van der Waals surface area contributed by atoms with E-state index in [-0.39, 0.29) is 11.6 Å². The predicted molar refractivity (Wildman–Crippen MR) is 94.7 cm³/mol. The third-order valence-electron chi connectivity index (χ3n) is 3.36. The first kappa shape index (κ1) is 16.2. The van der Waals surface area contributed by atoms with Gasteiger partial charge in [-0.2, -0.15) is 0 Å². The van der Waals surface area contributed by atoms with Gasteiger partial charge in [-0.15, -0.1) is 0 Å². The van der Waals surface area contributed by atoms with E-state index in [4.69, 9.17) is 0 Å². The summed E-state index contributed by atoms with van der Waals surface area (Å²) in [6, 6.07) is 11.2. The van der Waals surface area contributed by atoms with Crippen LogP contribution in [0.1, 0.15) is 17.4 Å². The second kappa shape index (κ2) is 6.45. The Morgan fingerprint density at radius 3 is 2.62 bits per heavy atom. The summed E-state index contributed by atoms with van der Waals surface area (Å²) in [5.41, 5.74) is 1.51. The lowest BCUT2D eigenvalue weighted by molar-refractivity contribution is -0.114. The molecule has 0 aliphatic heterocycles. The van der Waals surface area contributed by atoms with E-state index in [9.17, 15) is 14.0 Å². The summed E-state index contributed by atoms with van der Waals surface area (Å²) < 4.78 is 14.8. The number of hydrogen-bond donors (Lipinski definition) is 3. The van der Waals surface area contributed by atoms with Crippen LogP contribution in [-0.4, -0.2) is 16.8 Å². The van der Waals surface area contributed by atoms with Crippen molar-refractivity contribution in [2.75, 3.05) is 10.6 Å². The van der Waals surface area contributed by atoms with Crippen LogP contribution in [0.4, 0.5) is 15.8 Å². The van der Waals surface area contributed by atoms with Crippen LogP contribution >= 0.6 is 15.9 Å². The van der Waals surface area contributed by atoms with Crippen LogP contribution in [0.5, 0.6) is 0 Å². The molecule has 2 aromatic carbocycles. The fraction of sp³-hybridized carbons (Fsp3) is 0.0588. The molecule has 0 atom stereocenters. The number of aromatic nitrogens is 1. The van der Waals surface area contributed by atoms with Crippen molar-refractivity contribution in [1.29, 1.82) is 0 Å². The third kappa shape index (κ3) is 3.46. The van der Waals surface area contributed by atoms with E-state index in [1.165, 1.54) is 25.1 Å². The highest BCUT2D eigenvalue weighted by molar-refractivity contribution is 9.10. The molecule has 0 unspecified atom stereocenters. The molecule has 0 saturated heterocycles. The number of benzene rings is 2. The molecule has 0 saturated carbocycles. The summed E-state index contributed by atoms with van der Waals surface area (Å²) in [6.07, 6.45) is 0. The molecular weight excluding hydrogens is 377 g/mol. The number of H-pyrrole nitrogens is 1. The lowest BCUT2D eigenvalue weighted by Crippen LogP contribution is -2.14. The Kier molecular flexibility index (Phi) is 4.35. The predicted octanol–water partition coefficient (Wildman–Crippen LogP) is 4.28. The van der Waals surface area contributed by atoms with Crippen molar-refractivity contribution in [1.82, 2.24) is 4.98 Å². The lowest BCUT2D eigenvalue weighted by Gasteiger charge is -2.08.